The van der Waals surface area contributed by atoms with Gasteiger partial charge >= 0.3 is 5.97 Å². The second-order valence-electron chi connectivity index (χ2n) is 6.57. The molecule has 1 heterocycles. The lowest BCUT2D eigenvalue weighted by Gasteiger charge is -2.04. The third-order valence-corrected chi connectivity index (χ3v) is 6.10. The van der Waals surface area contributed by atoms with Crippen LogP contribution in [0.1, 0.15) is 37.4 Å². The Morgan fingerprint density at radius 3 is 2.37 bits per heavy atom. The molecule has 0 saturated heterocycles. The van der Waals surface area contributed by atoms with Crippen molar-refractivity contribution in [1.29, 1.82) is 0 Å². The zero-order valence-corrected chi connectivity index (χ0v) is 12.9. The summed E-state index contributed by atoms with van der Waals surface area (Å²) in [5.41, 5.74) is 0.841. The van der Waals surface area contributed by atoms with E-state index in [1.165, 1.54) is 4.88 Å². The molecule has 3 nitrogen and oxygen atoms in total. The average molecular weight is 281 g/mol. The van der Waals surface area contributed by atoms with Crippen molar-refractivity contribution in [1.82, 2.24) is 5.32 Å². The highest BCUT2D eigenvalue weighted by molar-refractivity contribution is 7.12. The van der Waals surface area contributed by atoms with Gasteiger partial charge in [-0.1, -0.05) is 27.7 Å². The molecule has 0 amide bonds. The first-order chi connectivity index (χ1) is 8.75. The normalized spacial score (nSPS) is 20.4. The van der Waals surface area contributed by atoms with Gasteiger partial charge in [0.15, 0.2) is 0 Å². The largest absolute Gasteiger partial charge is 0.481 e. The van der Waals surface area contributed by atoms with E-state index < -0.39 is 5.97 Å². The smallest absolute Gasteiger partial charge is 0.308 e. The number of carboxylic acids is 1. The Kier molecular flexibility index (Phi) is 3.76. The summed E-state index contributed by atoms with van der Waals surface area (Å²) >= 11 is 1.59. The van der Waals surface area contributed by atoms with Gasteiger partial charge in [0.2, 0.25) is 0 Å². The maximum absolute atomic E-state index is 10.6. The second kappa shape index (κ2) is 4.91. The van der Waals surface area contributed by atoms with Crippen LogP contribution < -0.4 is 5.32 Å². The lowest BCUT2D eigenvalue weighted by atomic mass is 10.0. The van der Waals surface area contributed by atoms with Crippen LogP contribution in [0.3, 0.4) is 0 Å². The number of carboxylic acid groups (broad SMARTS) is 1. The number of rotatable bonds is 6. The Morgan fingerprint density at radius 1 is 1.26 bits per heavy atom. The molecule has 0 unspecified atom stereocenters. The van der Waals surface area contributed by atoms with Gasteiger partial charge in [0, 0.05) is 16.3 Å². The van der Waals surface area contributed by atoms with Crippen LogP contribution in [0.4, 0.5) is 0 Å². The average Bonchev–Trinajstić information content (AvgIpc) is 2.65. The van der Waals surface area contributed by atoms with E-state index in [1.807, 2.05) is 12.1 Å². The molecule has 0 radical (unpaired) electrons. The van der Waals surface area contributed by atoms with Crippen molar-refractivity contribution in [3.8, 4) is 0 Å². The molecule has 4 heteroatoms. The monoisotopic (exact) mass is 281 g/mol. The van der Waals surface area contributed by atoms with Crippen LogP contribution >= 0.6 is 11.3 Å². The minimum Gasteiger partial charge on any atom is -0.481 e. The molecule has 1 aliphatic carbocycles. The van der Waals surface area contributed by atoms with Crippen LogP contribution in [0.15, 0.2) is 12.1 Å². The molecule has 1 aliphatic rings. The maximum Gasteiger partial charge on any atom is 0.308 e. The van der Waals surface area contributed by atoms with Crippen molar-refractivity contribution < 1.29 is 9.90 Å². The van der Waals surface area contributed by atoms with Crippen molar-refractivity contribution in [2.24, 2.45) is 16.7 Å². The maximum atomic E-state index is 10.6. The number of hydrogen-bond acceptors (Lipinski definition) is 3. The molecule has 0 bridgehead atoms. The first kappa shape index (κ1) is 14.5. The Bertz CT molecular complexity index is 462. The highest BCUT2D eigenvalue weighted by atomic mass is 32.1. The van der Waals surface area contributed by atoms with Crippen LogP contribution in [-0.2, 0) is 17.8 Å². The Morgan fingerprint density at radius 2 is 1.84 bits per heavy atom. The molecule has 0 spiro atoms. The molecule has 0 atom stereocenters. The van der Waals surface area contributed by atoms with Crippen LogP contribution in [0.2, 0.25) is 0 Å². The molecule has 1 aromatic heterocycles. The van der Waals surface area contributed by atoms with Gasteiger partial charge in [-0.2, -0.15) is 0 Å². The lowest BCUT2D eigenvalue weighted by Crippen LogP contribution is -2.18. The Labute approximate surface area is 119 Å². The highest BCUT2D eigenvalue weighted by Crippen LogP contribution is 2.67. The van der Waals surface area contributed by atoms with Gasteiger partial charge < -0.3 is 10.4 Å². The summed E-state index contributed by atoms with van der Waals surface area (Å²) < 4.78 is 0. The van der Waals surface area contributed by atoms with E-state index in [1.54, 1.807) is 11.3 Å². The lowest BCUT2D eigenvalue weighted by molar-refractivity contribution is -0.136. The predicted octanol–water partition coefficient (Wildman–Crippen LogP) is 3.15. The second-order valence-corrected chi connectivity index (χ2v) is 7.82. The van der Waals surface area contributed by atoms with Crippen LogP contribution in [-0.4, -0.2) is 17.6 Å². The van der Waals surface area contributed by atoms with E-state index >= 15 is 0 Å². The predicted molar refractivity (Wildman–Crippen MR) is 78.4 cm³/mol. The third kappa shape index (κ3) is 2.84. The van der Waals surface area contributed by atoms with E-state index in [2.05, 4.69) is 33.0 Å². The molecule has 1 fully saturated rings. The zero-order valence-electron chi connectivity index (χ0n) is 12.1. The summed E-state index contributed by atoms with van der Waals surface area (Å²) in [4.78, 5) is 12.8. The van der Waals surface area contributed by atoms with E-state index in [-0.39, 0.29) is 6.42 Å². The third-order valence-electron chi connectivity index (χ3n) is 5.01. The molecular formula is C15H23NO2S. The van der Waals surface area contributed by atoms with E-state index in [0.29, 0.717) is 10.8 Å². The van der Waals surface area contributed by atoms with Gasteiger partial charge in [-0.15, -0.1) is 11.3 Å². The van der Waals surface area contributed by atoms with Crippen LogP contribution in [0, 0.1) is 16.7 Å². The number of aliphatic carboxylic acids is 1. The van der Waals surface area contributed by atoms with Gasteiger partial charge in [0.05, 0.1) is 6.42 Å². The Balaban J connectivity index is 1.78. The number of thiophene rings is 1. The molecule has 106 valence electrons. The highest BCUT2D eigenvalue weighted by Gasteiger charge is 2.63. The quantitative estimate of drug-likeness (QED) is 0.842. The van der Waals surface area contributed by atoms with Crippen molar-refractivity contribution in [2.45, 2.75) is 40.7 Å². The summed E-state index contributed by atoms with van der Waals surface area (Å²) in [6.07, 6.45) is 0.132. The fourth-order valence-corrected chi connectivity index (χ4v) is 3.92. The van der Waals surface area contributed by atoms with Crippen molar-refractivity contribution in [3.63, 3.8) is 0 Å². The topological polar surface area (TPSA) is 49.3 Å². The van der Waals surface area contributed by atoms with Gasteiger partial charge in [-0.3, -0.25) is 4.79 Å². The fourth-order valence-electron chi connectivity index (χ4n) is 2.94. The van der Waals surface area contributed by atoms with Gasteiger partial charge in [-0.25, -0.2) is 0 Å². The molecule has 1 saturated carbocycles. The Hall–Kier alpha value is -0.870. The van der Waals surface area contributed by atoms with Gasteiger partial charge in [0.25, 0.3) is 0 Å². The minimum absolute atomic E-state index is 0.132. The van der Waals surface area contributed by atoms with Gasteiger partial charge in [0.1, 0.15) is 0 Å². The van der Waals surface area contributed by atoms with E-state index in [9.17, 15) is 4.79 Å². The molecule has 0 aromatic carbocycles. The van der Waals surface area contributed by atoms with Crippen molar-refractivity contribution in [3.05, 3.63) is 21.9 Å². The summed E-state index contributed by atoms with van der Waals surface area (Å²) in [6, 6.07) is 3.94. The summed E-state index contributed by atoms with van der Waals surface area (Å²) in [7, 11) is 0. The number of hydrogen-bond donors (Lipinski definition) is 2. The summed E-state index contributed by atoms with van der Waals surface area (Å²) in [5.74, 6) is -0.0405. The van der Waals surface area contributed by atoms with E-state index in [0.717, 1.165) is 23.9 Å². The van der Waals surface area contributed by atoms with Crippen LogP contribution in [0.25, 0.3) is 0 Å². The first-order valence-electron chi connectivity index (χ1n) is 6.75. The fraction of sp³-hybridized carbons (Fsp3) is 0.667. The summed E-state index contributed by atoms with van der Waals surface area (Å²) in [6.45, 7) is 11.2. The molecule has 2 rings (SSSR count). The molecular weight excluding hydrogens is 258 g/mol. The number of carbonyl (C=O) groups is 1. The summed E-state index contributed by atoms with van der Waals surface area (Å²) in [5, 5.41) is 12.2. The SMILES string of the molecule is CC1(C)C(CNCc2ccc(CC(=O)O)s2)C1(C)C. The van der Waals surface area contributed by atoms with Crippen molar-refractivity contribution in [2.75, 3.05) is 6.54 Å². The van der Waals surface area contributed by atoms with Crippen molar-refractivity contribution >= 4 is 17.3 Å². The van der Waals surface area contributed by atoms with Gasteiger partial charge in [-0.05, 0) is 35.4 Å². The minimum atomic E-state index is -0.761. The molecule has 19 heavy (non-hydrogen) atoms. The standard InChI is InChI=1S/C15H23NO2S/c1-14(2)12(15(14,3)4)9-16-8-11-6-5-10(19-11)7-13(17)18/h5-6,12,16H,7-9H2,1-4H3,(H,17,18). The number of nitrogens with one attached hydrogen (secondary N) is 1. The molecule has 1 aromatic rings. The zero-order chi connectivity index (χ0) is 14.3. The van der Waals surface area contributed by atoms with Crippen LogP contribution in [0.5, 0.6) is 0 Å². The molecule has 2 N–H and O–H groups in total. The molecule has 0 aliphatic heterocycles. The first-order valence-corrected chi connectivity index (χ1v) is 7.57. The van der Waals surface area contributed by atoms with E-state index in [4.69, 9.17) is 5.11 Å².